The van der Waals surface area contributed by atoms with E-state index in [4.69, 9.17) is 10.00 Å². The van der Waals surface area contributed by atoms with Gasteiger partial charge in [-0.2, -0.15) is 5.26 Å². The number of hydrogen-bond acceptors (Lipinski definition) is 3. The number of nitrogens with zero attached hydrogens (tertiary/aromatic N) is 2. The lowest BCUT2D eigenvalue weighted by Crippen LogP contribution is -2.37. The van der Waals surface area contributed by atoms with Crippen molar-refractivity contribution in [3.8, 4) is 11.8 Å². The first kappa shape index (κ1) is 17.7. The number of amides is 1. The van der Waals surface area contributed by atoms with Crippen molar-refractivity contribution in [3.63, 3.8) is 0 Å². The second kappa shape index (κ2) is 5.98. The Morgan fingerprint density at radius 3 is 2.64 bits per heavy atom. The molecule has 0 radical (unpaired) electrons. The van der Waals surface area contributed by atoms with Crippen molar-refractivity contribution in [2.75, 3.05) is 13.1 Å². The van der Waals surface area contributed by atoms with E-state index in [2.05, 4.69) is 0 Å². The van der Waals surface area contributed by atoms with Crippen LogP contribution in [0, 0.1) is 22.7 Å². The average molecular weight is 348 g/mol. The van der Waals surface area contributed by atoms with Crippen LogP contribution in [0.25, 0.3) is 0 Å². The van der Waals surface area contributed by atoms with E-state index in [0.29, 0.717) is 12.5 Å². The standard InChI is InChI=1S/C19H22F2N2O2/c1-18(2)11-23(10-12-4-5-12)17(24)16(18)25-14-7-6-13(9-22)15(8-14)19(3,20)21/h6-8,12,16H,4-5,10-11H2,1-3H3. The minimum atomic E-state index is -3.16. The highest BCUT2D eigenvalue weighted by atomic mass is 19.3. The van der Waals surface area contributed by atoms with Gasteiger partial charge in [0.15, 0.2) is 6.10 Å². The predicted molar refractivity (Wildman–Crippen MR) is 88.2 cm³/mol. The average Bonchev–Trinajstić information content (AvgIpc) is 3.30. The number of ether oxygens (including phenoxy) is 1. The Balaban J connectivity index is 1.83. The maximum Gasteiger partial charge on any atom is 0.271 e. The molecule has 1 aromatic rings. The van der Waals surface area contributed by atoms with E-state index >= 15 is 0 Å². The molecule has 1 saturated heterocycles. The van der Waals surface area contributed by atoms with Gasteiger partial charge in [-0.15, -0.1) is 0 Å². The first-order chi connectivity index (χ1) is 11.6. The van der Waals surface area contributed by atoms with E-state index in [0.717, 1.165) is 26.3 Å². The zero-order chi connectivity index (χ0) is 18.4. The van der Waals surface area contributed by atoms with Crippen LogP contribution in [0.1, 0.15) is 44.7 Å². The monoisotopic (exact) mass is 348 g/mol. The first-order valence-corrected chi connectivity index (χ1v) is 8.50. The second-order valence-corrected chi connectivity index (χ2v) is 7.86. The van der Waals surface area contributed by atoms with E-state index in [-0.39, 0.29) is 22.8 Å². The van der Waals surface area contributed by atoms with Crippen LogP contribution in [0.2, 0.25) is 0 Å². The summed E-state index contributed by atoms with van der Waals surface area (Å²) in [6.45, 7) is 5.98. The molecule has 2 fully saturated rings. The van der Waals surface area contributed by atoms with Gasteiger partial charge in [-0.25, -0.2) is 8.78 Å². The van der Waals surface area contributed by atoms with Crippen LogP contribution in [-0.4, -0.2) is 30.0 Å². The summed E-state index contributed by atoms with van der Waals surface area (Å²) in [5, 5.41) is 9.02. The van der Waals surface area contributed by atoms with Crippen LogP contribution in [0.5, 0.6) is 5.75 Å². The number of rotatable bonds is 5. The second-order valence-electron chi connectivity index (χ2n) is 7.86. The number of carbonyl (C=O) groups is 1. The summed E-state index contributed by atoms with van der Waals surface area (Å²) in [6.07, 6.45) is 1.60. The molecule has 25 heavy (non-hydrogen) atoms. The lowest BCUT2D eigenvalue weighted by Gasteiger charge is -2.25. The Morgan fingerprint density at radius 2 is 2.08 bits per heavy atom. The molecule has 0 spiro atoms. The number of likely N-dealkylation sites (tertiary alicyclic amines) is 1. The molecule has 1 aromatic carbocycles. The van der Waals surface area contributed by atoms with E-state index in [1.165, 1.54) is 18.2 Å². The first-order valence-electron chi connectivity index (χ1n) is 8.50. The molecular weight excluding hydrogens is 326 g/mol. The number of nitriles is 1. The highest BCUT2D eigenvalue weighted by Crippen LogP contribution is 2.39. The molecule has 3 rings (SSSR count). The Bertz CT molecular complexity index is 730. The summed E-state index contributed by atoms with van der Waals surface area (Å²) >= 11 is 0. The molecule has 4 nitrogen and oxygen atoms in total. The van der Waals surface area contributed by atoms with Gasteiger partial charge in [-0.05, 0) is 37.0 Å². The zero-order valence-corrected chi connectivity index (χ0v) is 14.7. The largest absolute Gasteiger partial charge is 0.480 e. The maximum absolute atomic E-state index is 13.8. The summed E-state index contributed by atoms with van der Waals surface area (Å²) < 4.78 is 33.3. The molecule has 1 aliphatic carbocycles. The minimum absolute atomic E-state index is 0.0905. The molecule has 134 valence electrons. The molecule has 1 aliphatic heterocycles. The number of benzene rings is 1. The normalized spacial score (nSPS) is 22.8. The number of hydrogen-bond donors (Lipinski definition) is 0. The molecule has 2 aliphatic rings. The van der Waals surface area contributed by atoms with Gasteiger partial charge in [0.1, 0.15) is 5.75 Å². The van der Waals surface area contributed by atoms with Crippen molar-refractivity contribution in [1.29, 1.82) is 5.26 Å². The molecule has 1 amide bonds. The summed E-state index contributed by atoms with van der Waals surface area (Å²) in [6, 6.07) is 5.73. The van der Waals surface area contributed by atoms with Crippen LogP contribution in [0.3, 0.4) is 0 Å². The lowest BCUT2D eigenvalue weighted by atomic mass is 9.89. The smallest absolute Gasteiger partial charge is 0.271 e. The fraction of sp³-hybridized carbons (Fsp3) is 0.579. The van der Waals surface area contributed by atoms with Crippen LogP contribution in [0.15, 0.2) is 18.2 Å². The minimum Gasteiger partial charge on any atom is -0.480 e. The SMILES string of the molecule is CC(F)(F)c1cc(OC2C(=O)N(CC3CC3)CC2(C)C)ccc1C#N. The van der Waals surface area contributed by atoms with Crippen LogP contribution in [-0.2, 0) is 10.7 Å². The number of alkyl halides is 2. The fourth-order valence-electron chi connectivity index (χ4n) is 3.32. The summed E-state index contributed by atoms with van der Waals surface area (Å²) in [7, 11) is 0. The van der Waals surface area contributed by atoms with Crippen molar-refractivity contribution in [2.24, 2.45) is 11.3 Å². The number of carbonyl (C=O) groups excluding carboxylic acids is 1. The molecule has 0 aromatic heterocycles. The Labute approximate surface area is 146 Å². The van der Waals surface area contributed by atoms with Gasteiger partial charge >= 0.3 is 0 Å². The summed E-state index contributed by atoms with van der Waals surface area (Å²) in [5.74, 6) is -2.47. The maximum atomic E-state index is 13.8. The third-order valence-corrected chi connectivity index (χ3v) is 4.86. The van der Waals surface area contributed by atoms with Gasteiger partial charge in [0, 0.05) is 31.0 Å². The predicted octanol–water partition coefficient (Wildman–Crippen LogP) is 3.70. The molecule has 1 heterocycles. The molecule has 1 atom stereocenters. The molecule has 0 bridgehead atoms. The van der Waals surface area contributed by atoms with Crippen LogP contribution in [0.4, 0.5) is 8.78 Å². The lowest BCUT2D eigenvalue weighted by molar-refractivity contribution is -0.134. The molecular formula is C19H22F2N2O2. The third kappa shape index (κ3) is 3.60. The summed E-state index contributed by atoms with van der Waals surface area (Å²) in [5.41, 5.74) is -0.882. The Hall–Kier alpha value is -2.16. The van der Waals surface area contributed by atoms with Gasteiger partial charge in [0.25, 0.3) is 11.8 Å². The number of halogens is 2. The van der Waals surface area contributed by atoms with Gasteiger partial charge in [0.05, 0.1) is 11.6 Å². The van der Waals surface area contributed by atoms with Crippen molar-refractivity contribution in [1.82, 2.24) is 4.90 Å². The van der Waals surface area contributed by atoms with E-state index in [1.54, 1.807) is 6.07 Å². The van der Waals surface area contributed by atoms with Crippen molar-refractivity contribution in [2.45, 2.75) is 45.6 Å². The Kier molecular flexibility index (Phi) is 4.22. The molecule has 0 N–H and O–H groups in total. The van der Waals surface area contributed by atoms with E-state index in [1.807, 2.05) is 18.7 Å². The Morgan fingerprint density at radius 1 is 1.40 bits per heavy atom. The molecule has 6 heteroatoms. The topological polar surface area (TPSA) is 53.3 Å². The van der Waals surface area contributed by atoms with Gasteiger partial charge in [-0.1, -0.05) is 13.8 Å². The van der Waals surface area contributed by atoms with Crippen molar-refractivity contribution >= 4 is 5.91 Å². The van der Waals surface area contributed by atoms with Crippen molar-refractivity contribution in [3.05, 3.63) is 29.3 Å². The van der Waals surface area contributed by atoms with E-state index < -0.39 is 17.4 Å². The molecule has 1 saturated carbocycles. The highest BCUT2D eigenvalue weighted by Gasteiger charge is 2.49. The third-order valence-electron chi connectivity index (χ3n) is 4.86. The summed E-state index contributed by atoms with van der Waals surface area (Å²) in [4.78, 5) is 14.5. The van der Waals surface area contributed by atoms with Crippen LogP contribution < -0.4 is 4.74 Å². The van der Waals surface area contributed by atoms with Crippen molar-refractivity contribution < 1.29 is 18.3 Å². The van der Waals surface area contributed by atoms with Gasteiger partial charge < -0.3 is 9.64 Å². The molecule has 1 unspecified atom stereocenters. The van der Waals surface area contributed by atoms with Gasteiger partial charge in [0.2, 0.25) is 0 Å². The zero-order valence-electron chi connectivity index (χ0n) is 14.7. The highest BCUT2D eigenvalue weighted by molar-refractivity contribution is 5.84. The van der Waals surface area contributed by atoms with Crippen LogP contribution >= 0.6 is 0 Å². The fourth-order valence-corrected chi connectivity index (χ4v) is 3.32. The van der Waals surface area contributed by atoms with Gasteiger partial charge in [-0.3, -0.25) is 4.79 Å². The van der Waals surface area contributed by atoms with E-state index in [9.17, 15) is 13.6 Å². The quantitative estimate of drug-likeness (QED) is 0.815.